The molecule has 0 aliphatic carbocycles. The number of hydrogen-bond acceptors (Lipinski definition) is 6. The van der Waals surface area contributed by atoms with Crippen LogP contribution >= 0.6 is 23.1 Å². The monoisotopic (exact) mass is 424 g/mol. The Morgan fingerprint density at radius 1 is 1.29 bits per heavy atom. The number of carboxylic acids is 1. The van der Waals surface area contributed by atoms with Crippen LogP contribution in [0.2, 0.25) is 0 Å². The molecule has 8 heteroatoms. The molecule has 156 valence electrons. The van der Waals surface area contributed by atoms with Crippen LogP contribution in [0.15, 0.2) is 15.8 Å². The van der Waals surface area contributed by atoms with Gasteiger partial charge in [-0.3, -0.25) is 9.89 Å². The van der Waals surface area contributed by atoms with Gasteiger partial charge in [0.15, 0.2) is 10.2 Å². The van der Waals surface area contributed by atoms with Gasteiger partial charge in [0.25, 0.3) is 0 Å². The quantitative estimate of drug-likeness (QED) is 0.347. The van der Waals surface area contributed by atoms with Gasteiger partial charge in [0, 0.05) is 36.7 Å². The molecular weight excluding hydrogens is 392 g/mol. The van der Waals surface area contributed by atoms with E-state index in [1.165, 1.54) is 42.4 Å². The molecule has 2 rings (SSSR count). The van der Waals surface area contributed by atoms with Crippen molar-refractivity contribution < 1.29 is 9.90 Å². The first-order valence-electron chi connectivity index (χ1n) is 10.0. The number of thioether (sulfide) groups is 1. The fourth-order valence-corrected chi connectivity index (χ4v) is 4.95. The average Bonchev–Trinajstić information content (AvgIpc) is 3.30. The molecule has 2 N–H and O–H groups in total. The standard InChI is InChI=1S/C20H32N4O2S2/c1-5-7-8-9-11-24(17-13-15(6-2)22-23-17)12-10-16-14-27-19(21-16)28-20(3,4)18(25)26/h13-14H,5-12H2,1-4H3,(H,22,23)(H,25,26). The second-order valence-electron chi connectivity index (χ2n) is 7.42. The van der Waals surface area contributed by atoms with E-state index in [9.17, 15) is 9.90 Å². The van der Waals surface area contributed by atoms with Gasteiger partial charge in [0.1, 0.15) is 4.75 Å². The molecule has 6 nitrogen and oxygen atoms in total. The minimum Gasteiger partial charge on any atom is -0.480 e. The van der Waals surface area contributed by atoms with Crippen LogP contribution < -0.4 is 4.90 Å². The molecule has 0 fully saturated rings. The van der Waals surface area contributed by atoms with E-state index < -0.39 is 10.7 Å². The summed E-state index contributed by atoms with van der Waals surface area (Å²) in [5.74, 6) is 0.183. The molecule has 0 bridgehead atoms. The Kier molecular flexibility index (Phi) is 8.82. The first-order valence-corrected chi connectivity index (χ1v) is 11.7. The van der Waals surface area contributed by atoms with Crippen molar-refractivity contribution in [3.63, 3.8) is 0 Å². The first-order chi connectivity index (χ1) is 13.4. The maximum absolute atomic E-state index is 11.3. The van der Waals surface area contributed by atoms with Gasteiger partial charge in [-0.15, -0.1) is 11.3 Å². The number of nitrogens with one attached hydrogen (secondary N) is 1. The molecule has 0 unspecified atom stereocenters. The van der Waals surface area contributed by atoms with Crippen LogP contribution in [0.25, 0.3) is 0 Å². The maximum atomic E-state index is 11.3. The number of anilines is 1. The van der Waals surface area contributed by atoms with Gasteiger partial charge in [-0.05, 0) is 26.7 Å². The zero-order valence-electron chi connectivity index (χ0n) is 17.3. The van der Waals surface area contributed by atoms with Gasteiger partial charge in [-0.2, -0.15) is 5.10 Å². The smallest absolute Gasteiger partial charge is 0.319 e. The van der Waals surface area contributed by atoms with E-state index in [1.54, 1.807) is 13.8 Å². The summed E-state index contributed by atoms with van der Waals surface area (Å²) in [6, 6.07) is 2.14. The van der Waals surface area contributed by atoms with E-state index >= 15 is 0 Å². The van der Waals surface area contributed by atoms with Gasteiger partial charge in [0.05, 0.1) is 5.69 Å². The number of aromatic nitrogens is 3. The molecule has 2 heterocycles. The van der Waals surface area contributed by atoms with Crippen LogP contribution in [0.4, 0.5) is 5.82 Å². The number of rotatable bonds is 13. The first kappa shape index (κ1) is 22.7. The molecule has 2 aromatic rings. The summed E-state index contributed by atoms with van der Waals surface area (Å²) in [7, 11) is 0. The highest BCUT2D eigenvalue weighted by atomic mass is 32.2. The summed E-state index contributed by atoms with van der Waals surface area (Å²) in [5.41, 5.74) is 2.16. The predicted octanol–water partition coefficient (Wildman–Crippen LogP) is 5.01. The largest absolute Gasteiger partial charge is 0.480 e. The van der Waals surface area contributed by atoms with E-state index in [2.05, 4.69) is 40.0 Å². The Morgan fingerprint density at radius 3 is 2.71 bits per heavy atom. The van der Waals surface area contributed by atoms with E-state index in [-0.39, 0.29) is 0 Å². The van der Waals surface area contributed by atoms with Crippen LogP contribution in [0.5, 0.6) is 0 Å². The third-order valence-corrected chi connectivity index (χ3v) is 6.80. The topological polar surface area (TPSA) is 82.1 Å². The lowest BCUT2D eigenvalue weighted by Crippen LogP contribution is -2.27. The second-order valence-corrected chi connectivity index (χ2v) is 10.2. The number of aryl methyl sites for hydroxylation is 1. The SMILES string of the molecule is CCCCCCN(CCc1csc(SC(C)(C)C(=O)O)n1)c1cc(CC)[nH]n1. The number of unbranched alkanes of at least 4 members (excludes halogenated alkanes) is 3. The van der Waals surface area contributed by atoms with Crippen LogP contribution in [-0.4, -0.2) is 44.1 Å². The van der Waals surface area contributed by atoms with Gasteiger partial charge in [0.2, 0.25) is 0 Å². The molecule has 0 radical (unpaired) electrons. The lowest BCUT2D eigenvalue weighted by molar-refractivity contribution is -0.138. The molecule has 2 aromatic heterocycles. The summed E-state index contributed by atoms with van der Waals surface area (Å²) < 4.78 is -0.0589. The highest BCUT2D eigenvalue weighted by Gasteiger charge is 2.29. The van der Waals surface area contributed by atoms with Crippen LogP contribution in [0, 0.1) is 0 Å². The van der Waals surface area contributed by atoms with Crippen molar-refractivity contribution in [1.82, 2.24) is 15.2 Å². The summed E-state index contributed by atoms with van der Waals surface area (Å²) in [6.45, 7) is 9.62. The average molecular weight is 425 g/mol. The van der Waals surface area contributed by atoms with Gasteiger partial charge >= 0.3 is 5.97 Å². The Bertz CT molecular complexity index is 742. The van der Waals surface area contributed by atoms with Crippen molar-refractivity contribution in [3.8, 4) is 0 Å². The summed E-state index contributed by atoms with van der Waals surface area (Å²) in [5, 5.41) is 18.9. The zero-order chi connectivity index (χ0) is 20.6. The Balaban J connectivity index is 1.97. The second kappa shape index (κ2) is 10.9. The lowest BCUT2D eigenvalue weighted by atomic mass is 10.2. The third kappa shape index (κ3) is 6.81. The summed E-state index contributed by atoms with van der Waals surface area (Å²) >= 11 is 2.83. The van der Waals surface area contributed by atoms with E-state index in [1.807, 2.05) is 5.38 Å². The maximum Gasteiger partial charge on any atom is 0.319 e. The number of carbonyl (C=O) groups is 1. The number of carboxylic acid groups (broad SMARTS) is 1. The molecule has 0 aliphatic rings. The Hall–Kier alpha value is -1.54. The molecule has 0 spiro atoms. The van der Waals surface area contributed by atoms with E-state index in [0.29, 0.717) is 0 Å². The van der Waals surface area contributed by atoms with E-state index in [0.717, 1.165) is 53.9 Å². The van der Waals surface area contributed by atoms with Crippen molar-refractivity contribution in [3.05, 3.63) is 22.8 Å². The van der Waals surface area contributed by atoms with Gasteiger partial charge in [-0.25, -0.2) is 4.98 Å². The molecule has 0 aromatic carbocycles. The van der Waals surface area contributed by atoms with Crippen LogP contribution in [-0.2, 0) is 17.6 Å². The number of hydrogen-bond donors (Lipinski definition) is 2. The van der Waals surface area contributed by atoms with Gasteiger partial charge in [-0.1, -0.05) is 44.9 Å². The number of H-pyrrole nitrogens is 1. The summed E-state index contributed by atoms with van der Waals surface area (Å²) in [4.78, 5) is 18.3. The minimum atomic E-state index is -0.869. The van der Waals surface area contributed by atoms with Crippen LogP contribution in [0.1, 0.15) is 64.8 Å². The van der Waals surface area contributed by atoms with Crippen molar-refractivity contribution in [1.29, 1.82) is 0 Å². The van der Waals surface area contributed by atoms with Crippen molar-refractivity contribution in [2.45, 2.75) is 75.3 Å². The van der Waals surface area contributed by atoms with E-state index in [4.69, 9.17) is 0 Å². The number of aromatic amines is 1. The molecule has 0 saturated carbocycles. The summed E-state index contributed by atoms with van der Waals surface area (Å²) in [6.07, 6.45) is 6.66. The predicted molar refractivity (Wildman–Crippen MR) is 118 cm³/mol. The molecular formula is C20H32N4O2S2. The third-order valence-electron chi connectivity index (χ3n) is 4.63. The Labute approximate surface area is 176 Å². The molecule has 0 atom stereocenters. The van der Waals surface area contributed by atoms with Crippen molar-refractivity contribution in [2.75, 3.05) is 18.0 Å². The lowest BCUT2D eigenvalue weighted by Gasteiger charge is -2.21. The molecule has 28 heavy (non-hydrogen) atoms. The normalized spacial score (nSPS) is 11.7. The minimum absolute atomic E-state index is 0.810. The molecule has 0 saturated heterocycles. The molecule has 0 aliphatic heterocycles. The fourth-order valence-electron chi connectivity index (χ4n) is 2.72. The zero-order valence-corrected chi connectivity index (χ0v) is 19.0. The highest BCUT2D eigenvalue weighted by Crippen LogP contribution is 2.34. The Morgan fingerprint density at radius 2 is 2.07 bits per heavy atom. The highest BCUT2D eigenvalue weighted by molar-refractivity contribution is 8.02. The van der Waals surface area contributed by atoms with Crippen molar-refractivity contribution in [2.24, 2.45) is 0 Å². The number of thiazole rings is 1. The molecule has 0 amide bonds. The van der Waals surface area contributed by atoms with Crippen molar-refractivity contribution >= 4 is 34.9 Å². The van der Waals surface area contributed by atoms with Crippen LogP contribution in [0.3, 0.4) is 0 Å². The van der Waals surface area contributed by atoms with Gasteiger partial charge < -0.3 is 10.0 Å². The fraction of sp³-hybridized carbons (Fsp3) is 0.650. The number of nitrogens with zero attached hydrogens (tertiary/aromatic N) is 3. The number of aliphatic carboxylic acids is 1.